The van der Waals surface area contributed by atoms with Gasteiger partial charge in [-0.2, -0.15) is 0 Å². The van der Waals surface area contributed by atoms with E-state index in [1.165, 1.54) is 0 Å². The SMILES string of the molecule is C=CCNc1nc2c(s1)CC1C(C)(CO)C(O)CCC1(C)C2CC(=O)NCCN(C)C. The first-order valence-electron chi connectivity index (χ1n) is 11.2. The molecule has 3 rings (SSSR count). The van der Waals surface area contributed by atoms with E-state index in [2.05, 4.69) is 24.1 Å². The molecule has 1 aromatic heterocycles. The van der Waals surface area contributed by atoms with Crippen LogP contribution in [0.1, 0.15) is 49.6 Å². The normalized spacial score (nSPS) is 32.3. The smallest absolute Gasteiger partial charge is 0.220 e. The molecule has 174 valence electrons. The van der Waals surface area contributed by atoms with Crippen LogP contribution in [0.4, 0.5) is 5.13 Å². The van der Waals surface area contributed by atoms with Gasteiger partial charge in [-0.05, 0) is 44.7 Å². The third kappa shape index (κ3) is 4.67. The molecular formula is C23H38N4O3S. The molecule has 8 heteroatoms. The number of fused-ring (bicyclic) bond motifs is 2. The number of nitrogens with zero attached hydrogens (tertiary/aromatic N) is 2. The predicted octanol–water partition coefficient (Wildman–Crippen LogP) is 2.22. The first-order chi connectivity index (χ1) is 14.7. The molecule has 1 amide bonds. The van der Waals surface area contributed by atoms with Crippen molar-refractivity contribution in [2.45, 2.75) is 51.6 Å². The van der Waals surface area contributed by atoms with Gasteiger partial charge in [0.15, 0.2) is 5.13 Å². The number of thiazole rings is 1. The molecule has 1 aromatic rings. The highest BCUT2D eigenvalue weighted by Gasteiger charge is 2.59. The lowest BCUT2D eigenvalue weighted by atomic mass is 9.47. The van der Waals surface area contributed by atoms with Crippen LogP contribution in [-0.2, 0) is 11.2 Å². The fourth-order valence-electron chi connectivity index (χ4n) is 5.56. The van der Waals surface area contributed by atoms with Crippen LogP contribution >= 0.6 is 11.3 Å². The van der Waals surface area contributed by atoms with E-state index in [1.807, 2.05) is 25.9 Å². The van der Waals surface area contributed by atoms with Crippen molar-refractivity contribution in [3.8, 4) is 0 Å². The molecule has 5 unspecified atom stereocenters. The molecular weight excluding hydrogens is 412 g/mol. The zero-order chi connectivity index (χ0) is 22.8. The molecule has 0 aliphatic heterocycles. The highest BCUT2D eigenvalue weighted by Crippen LogP contribution is 2.62. The van der Waals surface area contributed by atoms with Crippen molar-refractivity contribution >= 4 is 22.4 Å². The van der Waals surface area contributed by atoms with Crippen LogP contribution in [0.2, 0.25) is 0 Å². The first kappa shape index (κ1) is 24.2. The van der Waals surface area contributed by atoms with Gasteiger partial charge >= 0.3 is 0 Å². The third-order valence-electron chi connectivity index (χ3n) is 7.56. The average Bonchev–Trinajstić information content (AvgIpc) is 3.13. The second kappa shape index (κ2) is 9.57. The lowest BCUT2D eigenvalue weighted by Gasteiger charge is -2.58. The summed E-state index contributed by atoms with van der Waals surface area (Å²) in [6.07, 6.45) is 3.84. The quantitative estimate of drug-likeness (QED) is 0.431. The topological polar surface area (TPSA) is 97.7 Å². The number of hydrogen-bond acceptors (Lipinski definition) is 7. The van der Waals surface area contributed by atoms with Crippen molar-refractivity contribution in [2.24, 2.45) is 16.7 Å². The largest absolute Gasteiger partial charge is 0.396 e. The number of aromatic nitrogens is 1. The van der Waals surface area contributed by atoms with Crippen molar-refractivity contribution in [3.05, 3.63) is 23.2 Å². The molecule has 31 heavy (non-hydrogen) atoms. The number of aliphatic hydroxyl groups excluding tert-OH is 2. The van der Waals surface area contributed by atoms with Gasteiger partial charge in [0.1, 0.15) is 0 Å². The number of amides is 1. The van der Waals surface area contributed by atoms with Gasteiger partial charge in [0.05, 0.1) is 18.4 Å². The molecule has 7 nitrogen and oxygen atoms in total. The zero-order valence-electron chi connectivity index (χ0n) is 19.3. The monoisotopic (exact) mass is 450 g/mol. The highest BCUT2D eigenvalue weighted by molar-refractivity contribution is 7.15. The summed E-state index contributed by atoms with van der Waals surface area (Å²) in [7, 11) is 3.97. The summed E-state index contributed by atoms with van der Waals surface area (Å²) in [5.41, 5.74) is 0.199. The number of rotatable bonds is 9. The molecule has 0 saturated heterocycles. The summed E-state index contributed by atoms with van der Waals surface area (Å²) in [6, 6.07) is 0. The van der Waals surface area contributed by atoms with Crippen molar-refractivity contribution in [2.75, 3.05) is 45.7 Å². The molecule has 5 atom stereocenters. The summed E-state index contributed by atoms with van der Waals surface area (Å²) in [6.45, 7) is 9.97. The Hall–Kier alpha value is -1.48. The lowest BCUT2D eigenvalue weighted by Crippen LogP contribution is -2.57. The number of anilines is 1. The lowest BCUT2D eigenvalue weighted by molar-refractivity contribution is -0.144. The molecule has 2 aliphatic rings. The summed E-state index contributed by atoms with van der Waals surface area (Å²) < 4.78 is 0. The van der Waals surface area contributed by atoms with E-state index < -0.39 is 11.5 Å². The number of carbonyl (C=O) groups excluding carboxylic acids is 1. The Balaban J connectivity index is 1.94. The molecule has 0 radical (unpaired) electrons. The Kier molecular flexibility index (Phi) is 7.46. The molecule has 0 aromatic carbocycles. The predicted molar refractivity (Wildman–Crippen MR) is 125 cm³/mol. The Bertz CT molecular complexity index is 798. The van der Waals surface area contributed by atoms with E-state index in [9.17, 15) is 15.0 Å². The second-order valence-corrected chi connectivity index (χ2v) is 11.0. The number of nitrogens with one attached hydrogen (secondary N) is 2. The van der Waals surface area contributed by atoms with Gasteiger partial charge in [-0.1, -0.05) is 19.9 Å². The first-order valence-corrected chi connectivity index (χ1v) is 12.0. The maximum Gasteiger partial charge on any atom is 0.220 e. The fraction of sp³-hybridized carbons (Fsp3) is 0.739. The van der Waals surface area contributed by atoms with E-state index >= 15 is 0 Å². The van der Waals surface area contributed by atoms with Crippen molar-refractivity contribution in [3.63, 3.8) is 0 Å². The van der Waals surface area contributed by atoms with Gasteiger partial charge < -0.3 is 25.7 Å². The van der Waals surface area contributed by atoms with Crippen molar-refractivity contribution in [1.29, 1.82) is 0 Å². The fourth-order valence-corrected chi connectivity index (χ4v) is 6.63. The average molecular weight is 451 g/mol. The minimum atomic E-state index is -0.594. The van der Waals surface area contributed by atoms with Crippen LogP contribution in [0.25, 0.3) is 0 Å². The van der Waals surface area contributed by atoms with Crippen LogP contribution in [0.3, 0.4) is 0 Å². The minimum Gasteiger partial charge on any atom is -0.396 e. The second-order valence-electron chi connectivity index (χ2n) is 9.89. The van der Waals surface area contributed by atoms with Gasteiger partial charge in [0, 0.05) is 42.3 Å². The zero-order valence-corrected chi connectivity index (χ0v) is 20.1. The van der Waals surface area contributed by atoms with Crippen LogP contribution in [0, 0.1) is 16.7 Å². The summed E-state index contributed by atoms with van der Waals surface area (Å²) in [4.78, 5) is 21.0. The Morgan fingerprint density at radius 3 is 2.81 bits per heavy atom. The maximum absolute atomic E-state index is 12.9. The molecule has 4 N–H and O–H groups in total. The van der Waals surface area contributed by atoms with Crippen LogP contribution in [-0.4, -0.2) is 72.4 Å². The molecule has 1 heterocycles. The van der Waals surface area contributed by atoms with Crippen molar-refractivity contribution in [1.82, 2.24) is 15.2 Å². The van der Waals surface area contributed by atoms with Gasteiger partial charge in [0.2, 0.25) is 5.91 Å². The molecule has 0 spiro atoms. The van der Waals surface area contributed by atoms with E-state index in [-0.39, 0.29) is 29.8 Å². The maximum atomic E-state index is 12.9. The molecule has 1 fully saturated rings. The van der Waals surface area contributed by atoms with Gasteiger partial charge in [-0.15, -0.1) is 17.9 Å². The van der Waals surface area contributed by atoms with Crippen LogP contribution in [0.15, 0.2) is 12.7 Å². The van der Waals surface area contributed by atoms with Gasteiger partial charge in [0.25, 0.3) is 0 Å². The highest BCUT2D eigenvalue weighted by atomic mass is 32.1. The van der Waals surface area contributed by atoms with E-state index in [4.69, 9.17) is 4.98 Å². The Morgan fingerprint density at radius 2 is 2.16 bits per heavy atom. The Labute approximate surface area is 189 Å². The summed E-state index contributed by atoms with van der Waals surface area (Å²) in [5.74, 6) is 0.0631. The number of likely N-dealkylation sites (N-methyl/N-ethyl adjacent to an activating group) is 1. The van der Waals surface area contributed by atoms with Crippen LogP contribution in [0.5, 0.6) is 0 Å². The number of aliphatic hydroxyl groups is 2. The number of hydrogen-bond donors (Lipinski definition) is 4. The molecule has 2 aliphatic carbocycles. The van der Waals surface area contributed by atoms with E-state index in [0.29, 0.717) is 25.9 Å². The van der Waals surface area contributed by atoms with Gasteiger partial charge in [-0.25, -0.2) is 4.98 Å². The molecule has 0 bridgehead atoms. The standard InChI is InChI=1S/C23H38N4O3S/c1-6-9-25-21-26-20-15(12-19(30)24-10-11-27(4)5)22(2)8-7-18(29)23(3,14-28)17(22)13-16(20)31-21/h6,15,17-18,28-29H,1,7-14H2,2-5H3,(H,24,30)(H,25,26). The minimum absolute atomic E-state index is 0.0325. The van der Waals surface area contributed by atoms with E-state index in [0.717, 1.165) is 35.1 Å². The van der Waals surface area contributed by atoms with Crippen molar-refractivity contribution < 1.29 is 15.0 Å². The third-order valence-corrected chi connectivity index (χ3v) is 8.61. The van der Waals surface area contributed by atoms with Gasteiger partial charge in [-0.3, -0.25) is 4.79 Å². The number of carbonyl (C=O) groups is 1. The summed E-state index contributed by atoms with van der Waals surface area (Å²) >= 11 is 1.62. The van der Waals surface area contributed by atoms with Crippen LogP contribution < -0.4 is 10.6 Å². The summed E-state index contributed by atoms with van der Waals surface area (Å²) in [5, 5.41) is 28.3. The Morgan fingerprint density at radius 1 is 1.42 bits per heavy atom. The van der Waals surface area contributed by atoms with E-state index in [1.54, 1.807) is 17.4 Å². The molecule has 1 saturated carbocycles.